The highest BCUT2D eigenvalue weighted by molar-refractivity contribution is 6.05. The van der Waals surface area contributed by atoms with E-state index >= 15 is 0 Å². The summed E-state index contributed by atoms with van der Waals surface area (Å²) in [4.78, 5) is 53.7. The van der Waals surface area contributed by atoms with Gasteiger partial charge in [0, 0.05) is 32.1 Å². The van der Waals surface area contributed by atoms with Gasteiger partial charge in [0.1, 0.15) is 18.4 Å². The van der Waals surface area contributed by atoms with Gasteiger partial charge in [-0.15, -0.1) is 0 Å². The fourth-order valence-corrected chi connectivity index (χ4v) is 5.87. The van der Waals surface area contributed by atoms with Gasteiger partial charge in [-0.3, -0.25) is 29.2 Å². The molecule has 2 saturated heterocycles. The topological polar surface area (TPSA) is 114 Å². The van der Waals surface area contributed by atoms with Crippen molar-refractivity contribution in [3.05, 3.63) is 71.4 Å². The standard InChI is InChI=1S/C30H31N5O5/c1-33-26(19-7-3-2-4-8-19)16-24(32-33)30(39)34-14-6-5-9-21(34)18-40-22-10-11-23-20(15-22)17-35(29(23)38)25-12-13-27(36)31-28(25)37/h2-4,7-8,10-11,15-16,21,25H,5-6,9,12-14,17-18H2,1H3,(H,31,36,37)/t21-,25?/m1/s1. The molecule has 3 aliphatic heterocycles. The average Bonchev–Trinajstić information content (AvgIpc) is 3.51. The largest absolute Gasteiger partial charge is 0.491 e. The van der Waals surface area contributed by atoms with Crippen LogP contribution in [0, 0.1) is 0 Å². The first-order valence-corrected chi connectivity index (χ1v) is 13.7. The van der Waals surface area contributed by atoms with Crippen LogP contribution in [0.5, 0.6) is 5.75 Å². The van der Waals surface area contributed by atoms with Gasteiger partial charge in [-0.2, -0.15) is 5.10 Å². The van der Waals surface area contributed by atoms with E-state index in [-0.39, 0.29) is 36.7 Å². The maximum Gasteiger partial charge on any atom is 0.274 e. The predicted octanol–water partition coefficient (Wildman–Crippen LogP) is 2.92. The number of amides is 4. The van der Waals surface area contributed by atoms with E-state index in [4.69, 9.17) is 4.74 Å². The fraction of sp³-hybridized carbons (Fsp3) is 0.367. The molecule has 4 heterocycles. The van der Waals surface area contributed by atoms with Crippen LogP contribution in [0.3, 0.4) is 0 Å². The van der Waals surface area contributed by atoms with Crippen molar-refractivity contribution in [1.82, 2.24) is 24.9 Å². The highest BCUT2D eigenvalue weighted by Crippen LogP contribution is 2.31. The van der Waals surface area contributed by atoms with Crippen molar-refractivity contribution >= 4 is 23.6 Å². The van der Waals surface area contributed by atoms with Crippen LogP contribution in [-0.2, 0) is 23.2 Å². The van der Waals surface area contributed by atoms with Gasteiger partial charge in [0.15, 0.2) is 5.69 Å². The van der Waals surface area contributed by atoms with E-state index < -0.39 is 11.9 Å². The number of aryl methyl sites for hydroxylation is 1. The molecule has 3 aromatic rings. The zero-order valence-electron chi connectivity index (χ0n) is 22.3. The number of aromatic nitrogens is 2. The molecule has 2 fully saturated rings. The summed E-state index contributed by atoms with van der Waals surface area (Å²) in [6.45, 7) is 1.26. The summed E-state index contributed by atoms with van der Waals surface area (Å²) < 4.78 is 7.90. The van der Waals surface area contributed by atoms with E-state index in [0.717, 1.165) is 36.1 Å². The lowest BCUT2D eigenvalue weighted by Gasteiger charge is -2.35. The number of ether oxygens (including phenoxy) is 1. The molecule has 40 heavy (non-hydrogen) atoms. The van der Waals surface area contributed by atoms with Gasteiger partial charge < -0.3 is 14.5 Å². The normalized spacial score (nSPS) is 20.9. The molecule has 2 atom stereocenters. The highest BCUT2D eigenvalue weighted by atomic mass is 16.5. The molecular weight excluding hydrogens is 510 g/mol. The van der Waals surface area contributed by atoms with E-state index in [1.165, 1.54) is 4.90 Å². The second-order valence-electron chi connectivity index (χ2n) is 10.6. The Kier molecular flexibility index (Phi) is 6.83. The number of rotatable bonds is 6. The maximum atomic E-state index is 13.5. The lowest BCUT2D eigenvalue weighted by atomic mass is 10.0. The van der Waals surface area contributed by atoms with Crippen molar-refractivity contribution in [2.24, 2.45) is 7.05 Å². The van der Waals surface area contributed by atoms with Crippen molar-refractivity contribution in [2.75, 3.05) is 13.2 Å². The SMILES string of the molecule is Cn1nc(C(=O)N2CCCC[C@@H]2COc2ccc3c(c2)CN(C2CCC(=O)NC2=O)C3=O)cc1-c1ccccc1. The number of imide groups is 1. The first kappa shape index (κ1) is 25.8. The lowest BCUT2D eigenvalue weighted by Crippen LogP contribution is -2.52. The van der Waals surface area contributed by atoms with Crippen LogP contribution < -0.4 is 10.1 Å². The molecule has 206 valence electrons. The van der Waals surface area contributed by atoms with E-state index in [0.29, 0.717) is 36.6 Å². The van der Waals surface area contributed by atoms with Crippen LogP contribution in [0.25, 0.3) is 11.3 Å². The second kappa shape index (κ2) is 10.6. The number of piperidine rings is 2. The maximum absolute atomic E-state index is 13.5. The molecule has 1 aromatic heterocycles. The van der Waals surface area contributed by atoms with Crippen molar-refractivity contribution in [3.63, 3.8) is 0 Å². The molecule has 0 bridgehead atoms. The van der Waals surface area contributed by atoms with Gasteiger partial charge in [0.05, 0.1) is 11.7 Å². The van der Waals surface area contributed by atoms with E-state index in [1.807, 2.05) is 54.4 Å². The number of benzene rings is 2. The van der Waals surface area contributed by atoms with Gasteiger partial charge in [-0.05, 0) is 61.1 Å². The Morgan fingerprint density at radius 3 is 2.67 bits per heavy atom. The molecule has 0 saturated carbocycles. The number of nitrogens with zero attached hydrogens (tertiary/aromatic N) is 4. The van der Waals surface area contributed by atoms with Crippen LogP contribution in [0.15, 0.2) is 54.6 Å². The third kappa shape index (κ3) is 4.85. The minimum atomic E-state index is -0.655. The van der Waals surface area contributed by atoms with Crippen molar-refractivity contribution in [1.29, 1.82) is 0 Å². The smallest absolute Gasteiger partial charge is 0.274 e. The second-order valence-corrected chi connectivity index (χ2v) is 10.6. The third-order valence-electron chi connectivity index (χ3n) is 7.99. The van der Waals surface area contributed by atoms with Gasteiger partial charge in [0.2, 0.25) is 11.8 Å². The summed E-state index contributed by atoms with van der Waals surface area (Å²) in [7, 11) is 1.84. The van der Waals surface area contributed by atoms with Gasteiger partial charge in [-0.25, -0.2) is 0 Å². The van der Waals surface area contributed by atoms with Crippen LogP contribution in [0.4, 0.5) is 0 Å². The molecule has 1 N–H and O–H groups in total. The Hall–Kier alpha value is -4.47. The Labute approximate surface area is 231 Å². The van der Waals surface area contributed by atoms with E-state index in [2.05, 4.69) is 10.4 Å². The Morgan fingerprint density at radius 1 is 1.05 bits per heavy atom. The molecule has 10 heteroatoms. The van der Waals surface area contributed by atoms with E-state index in [9.17, 15) is 19.2 Å². The predicted molar refractivity (Wildman–Crippen MR) is 145 cm³/mol. The number of carbonyl (C=O) groups is 4. The molecule has 4 amide bonds. The van der Waals surface area contributed by atoms with Gasteiger partial charge in [-0.1, -0.05) is 30.3 Å². The van der Waals surface area contributed by atoms with Crippen molar-refractivity contribution in [2.45, 2.75) is 50.7 Å². The summed E-state index contributed by atoms with van der Waals surface area (Å²) in [6, 6.07) is 16.3. The van der Waals surface area contributed by atoms with Crippen LogP contribution in [0.2, 0.25) is 0 Å². The average molecular weight is 542 g/mol. The van der Waals surface area contributed by atoms with Crippen LogP contribution in [-0.4, -0.2) is 68.4 Å². The minimum absolute atomic E-state index is 0.0988. The zero-order chi connectivity index (χ0) is 27.8. The molecule has 6 rings (SSSR count). The molecule has 3 aliphatic rings. The molecule has 0 radical (unpaired) electrons. The summed E-state index contributed by atoms with van der Waals surface area (Å²) in [5.41, 5.74) is 3.62. The Balaban J connectivity index is 1.13. The molecule has 1 unspecified atom stereocenters. The van der Waals surface area contributed by atoms with E-state index in [1.54, 1.807) is 16.8 Å². The lowest BCUT2D eigenvalue weighted by molar-refractivity contribution is -0.136. The number of hydrogen-bond acceptors (Lipinski definition) is 6. The molecule has 10 nitrogen and oxygen atoms in total. The quantitative estimate of drug-likeness (QED) is 0.480. The summed E-state index contributed by atoms with van der Waals surface area (Å²) in [5.74, 6) is -0.453. The monoisotopic (exact) mass is 541 g/mol. The molecule has 0 aliphatic carbocycles. The zero-order valence-corrected chi connectivity index (χ0v) is 22.3. The number of fused-ring (bicyclic) bond motifs is 1. The number of carbonyl (C=O) groups excluding carboxylic acids is 4. The summed E-state index contributed by atoms with van der Waals surface area (Å²) >= 11 is 0. The molecule has 2 aromatic carbocycles. The molecular formula is C30H31N5O5. The van der Waals surface area contributed by atoms with Gasteiger partial charge >= 0.3 is 0 Å². The summed E-state index contributed by atoms with van der Waals surface area (Å²) in [6.07, 6.45) is 3.31. The number of hydrogen-bond donors (Lipinski definition) is 1. The number of likely N-dealkylation sites (tertiary alicyclic amines) is 1. The van der Waals surface area contributed by atoms with Crippen molar-refractivity contribution < 1.29 is 23.9 Å². The number of nitrogens with one attached hydrogen (secondary N) is 1. The minimum Gasteiger partial charge on any atom is -0.491 e. The highest BCUT2D eigenvalue weighted by Gasteiger charge is 2.39. The van der Waals surface area contributed by atoms with Gasteiger partial charge in [0.25, 0.3) is 11.8 Å². The molecule has 0 spiro atoms. The third-order valence-corrected chi connectivity index (χ3v) is 7.99. The Bertz CT molecular complexity index is 1480. The summed E-state index contributed by atoms with van der Waals surface area (Å²) in [5, 5.41) is 6.84. The first-order chi connectivity index (χ1) is 19.4. The first-order valence-electron chi connectivity index (χ1n) is 13.7. The van der Waals surface area contributed by atoms with Crippen LogP contribution >= 0.6 is 0 Å². The fourth-order valence-electron chi connectivity index (χ4n) is 5.87. The van der Waals surface area contributed by atoms with Crippen molar-refractivity contribution in [3.8, 4) is 17.0 Å². The van der Waals surface area contributed by atoms with Crippen LogP contribution in [0.1, 0.15) is 58.5 Å². The Morgan fingerprint density at radius 2 is 1.88 bits per heavy atom.